The number of anilines is 1. The van der Waals surface area contributed by atoms with Crippen LogP contribution in [-0.4, -0.2) is 14.7 Å². The van der Waals surface area contributed by atoms with Crippen LogP contribution in [0.4, 0.5) is 5.69 Å². The van der Waals surface area contributed by atoms with E-state index in [2.05, 4.69) is 35.4 Å². The minimum Gasteiger partial charge on any atom is -0.214 e. The highest BCUT2D eigenvalue weighted by Gasteiger charge is 2.17. The molecule has 0 amide bonds. The van der Waals surface area contributed by atoms with Gasteiger partial charge in [0.25, 0.3) is 0 Å². The van der Waals surface area contributed by atoms with Crippen molar-refractivity contribution in [3.8, 4) is 0 Å². The zero-order chi connectivity index (χ0) is 11.6. The third-order valence-electron chi connectivity index (χ3n) is 1.72. The van der Waals surface area contributed by atoms with E-state index in [1.165, 1.54) is 0 Å². The Morgan fingerprint density at radius 2 is 2.13 bits per heavy atom. The molecule has 0 aliphatic rings. The lowest BCUT2D eigenvalue weighted by atomic mass is 10.2. The molecule has 0 aliphatic heterocycles. The summed E-state index contributed by atoms with van der Waals surface area (Å²) in [5.41, 5.74) is 1.27. The van der Waals surface area contributed by atoms with Crippen molar-refractivity contribution in [1.29, 1.82) is 0 Å². The van der Waals surface area contributed by atoms with Gasteiger partial charge in [-0.2, -0.15) is 0 Å². The van der Waals surface area contributed by atoms with Crippen molar-refractivity contribution < 1.29 is 8.42 Å². The van der Waals surface area contributed by atoms with Crippen LogP contribution in [0.2, 0.25) is 5.02 Å². The Balaban J connectivity index is 3.27. The van der Waals surface area contributed by atoms with Gasteiger partial charge in [0, 0.05) is 4.43 Å². The first-order chi connectivity index (χ1) is 6.88. The summed E-state index contributed by atoms with van der Waals surface area (Å²) >= 11 is 12.1. The van der Waals surface area contributed by atoms with Crippen LogP contribution < -0.4 is 3.71 Å². The van der Waals surface area contributed by atoms with Crippen molar-refractivity contribution in [2.75, 3.05) is 9.97 Å². The lowest BCUT2D eigenvalue weighted by molar-refractivity contribution is 0.604. The lowest BCUT2D eigenvalue weighted by Gasteiger charge is -2.17. The fourth-order valence-electron chi connectivity index (χ4n) is 0.996. The second-order valence-electron chi connectivity index (χ2n) is 2.89. The van der Waals surface area contributed by atoms with Crippen LogP contribution in [0.25, 0.3) is 0 Å². The third-order valence-corrected chi connectivity index (χ3v) is 4.91. The lowest BCUT2D eigenvalue weighted by Crippen LogP contribution is -2.19. The summed E-state index contributed by atoms with van der Waals surface area (Å²) in [6, 6.07) is 5.22. The zero-order valence-corrected chi connectivity index (χ0v) is 12.4. The van der Waals surface area contributed by atoms with Gasteiger partial charge >= 0.3 is 0 Å². The van der Waals surface area contributed by atoms with E-state index >= 15 is 0 Å². The van der Waals surface area contributed by atoms with Gasteiger partial charge in [0.05, 0.1) is 17.0 Å². The number of sulfonamides is 1. The molecule has 0 saturated carbocycles. The third kappa shape index (κ3) is 3.15. The molecule has 0 N–H and O–H groups in total. The summed E-state index contributed by atoms with van der Waals surface area (Å²) in [6.07, 6.45) is 1.08. The summed E-state index contributed by atoms with van der Waals surface area (Å²) in [5.74, 6) is 0. The van der Waals surface area contributed by atoms with E-state index in [1.807, 2.05) is 6.07 Å². The molecule has 0 unspecified atom stereocenters. The molecule has 0 radical (unpaired) electrons. The standard InChI is InChI=1S/C8H9ClINO2S2/c1-15(12,13)11(14)7-4-2-3-6(5-10)8(7)9/h2-4,14H,5H2,1H3. The predicted molar refractivity (Wildman–Crippen MR) is 75.5 cm³/mol. The van der Waals surface area contributed by atoms with Crippen LogP contribution in [0.1, 0.15) is 5.56 Å². The van der Waals surface area contributed by atoms with Crippen molar-refractivity contribution >= 4 is 62.7 Å². The number of hydrogen-bond acceptors (Lipinski definition) is 3. The molecule has 0 fully saturated rings. The molecule has 0 atom stereocenters. The zero-order valence-electron chi connectivity index (χ0n) is 7.81. The van der Waals surface area contributed by atoms with Crippen molar-refractivity contribution in [2.45, 2.75) is 4.43 Å². The topological polar surface area (TPSA) is 37.4 Å². The first-order valence-corrected chi connectivity index (χ1v) is 8.05. The molecule has 1 aromatic carbocycles. The van der Waals surface area contributed by atoms with Gasteiger partial charge in [-0.1, -0.05) is 59.1 Å². The number of hydrogen-bond donors (Lipinski definition) is 1. The second kappa shape index (κ2) is 5.11. The molecule has 3 nitrogen and oxygen atoms in total. The summed E-state index contributed by atoms with van der Waals surface area (Å²) in [5, 5.41) is 0.423. The Bertz CT molecular complexity index is 464. The minimum absolute atomic E-state index is 0.386. The highest BCUT2D eigenvalue weighted by Crippen LogP contribution is 2.32. The Kier molecular flexibility index (Phi) is 4.57. The summed E-state index contributed by atoms with van der Waals surface area (Å²) in [4.78, 5) is 0. The number of benzene rings is 1. The molecule has 0 saturated heterocycles. The number of rotatable bonds is 3. The van der Waals surface area contributed by atoms with Crippen molar-refractivity contribution in [2.24, 2.45) is 0 Å². The molecule has 0 spiro atoms. The van der Waals surface area contributed by atoms with E-state index in [-0.39, 0.29) is 0 Å². The summed E-state index contributed by atoms with van der Waals surface area (Å²) in [7, 11) is -3.39. The van der Waals surface area contributed by atoms with Crippen LogP contribution in [0, 0.1) is 0 Å². The Labute approximate surface area is 114 Å². The molecule has 1 aromatic rings. The van der Waals surface area contributed by atoms with E-state index < -0.39 is 10.0 Å². The van der Waals surface area contributed by atoms with E-state index in [0.717, 1.165) is 20.0 Å². The highest BCUT2D eigenvalue weighted by atomic mass is 127. The monoisotopic (exact) mass is 377 g/mol. The van der Waals surface area contributed by atoms with Crippen LogP contribution in [0.5, 0.6) is 0 Å². The Morgan fingerprint density at radius 1 is 1.53 bits per heavy atom. The van der Waals surface area contributed by atoms with Gasteiger partial charge in [-0.3, -0.25) is 0 Å². The number of alkyl halides is 1. The molecule has 7 heteroatoms. The highest BCUT2D eigenvalue weighted by molar-refractivity contribution is 14.1. The van der Waals surface area contributed by atoms with Gasteiger partial charge in [0.1, 0.15) is 0 Å². The Hall–Kier alpha value is 0.340. The molecule has 0 bridgehead atoms. The first kappa shape index (κ1) is 13.4. The summed E-state index contributed by atoms with van der Waals surface area (Å²) in [6.45, 7) is 0. The first-order valence-electron chi connectivity index (χ1n) is 3.90. The molecule has 1 rings (SSSR count). The van der Waals surface area contributed by atoms with Gasteiger partial charge in [-0.05, 0) is 11.6 Å². The maximum absolute atomic E-state index is 11.3. The van der Waals surface area contributed by atoms with Crippen molar-refractivity contribution in [3.63, 3.8) is 0 Å². The van der Waals surface area contributed by atoms with Crippen LogP contribution in [0.15, 0.2) is 18.2 Å². The SMILES string of the molecule is CS(=O)(=O)N(S)c1cccc(CI)c1Cl. The smallest absolute Gasteiger partial charge is 0.214 e. The van der Waals surface area contributed by atoms with Crippen LogP contribution in [0.3, 0.4) is 0 Å². The van der Waals surface area contributed by atoms with E-state index in [4.69, 9.17) is 11.6 Å². The van der Waals surface area contributed by atoms with Gasteiger partial charge in [0.2, 0.25) is 10.0 Å². The van der Waals surface area contributed by atoms with Gasteiger partial charge < -0.3 is 0 Å². The molecule has 15 heavy (non-hydrogen) atoms. The molecule has 0 aliphatic carbocycles. The van der Waals surface area contributed by atoms with Gasteiger partial charge in [-0.25, -0.2) is 12.1 Å². The van der Waals surface area contributed by atoms with Crippen LogP contribution in [-0.2, 0) is 14.5 Å². The number of thiol groups is 1. The number of nitrogens with zero attached hydrogens (tertiary/aromatic N) is 1. The van der Waals surface area contributed by atoms with Gasteiger partial charge in [-0.15, -0.1) is 0 Å². The number of halogens is 2. The van der Waals surface area contributed by atoms with E-state index in [1.54, 1.807) is 12.1 Å². The maximum Gasteiger partial charge on any atom is 0.241 e. The normalized spacial score (nSPS) is 11.5. The average molecular weight is 378 g/mol. The molecular weight excluding hydrogens is 369 g/mol. The quantitative estimate of drug-likeness (QED) is 0.500. The van der Waals surface area contributed by atoms with Crippen molar-refractivity contribution in [3.05, 3.63) is 28.8 Å². The fraction of sp³-hybridized carbons (Fsp3) is 0.250. The second-order valence-corrected chi connectivity index (χ2v) is 6.53. The minimum atomic E-state index is -3.39. The maximum atomic E-state index is 11.3. The molecule has 84 valence electrons. The van der Waals surface area contributed by atoms with E-state index in [0.29, 0.717) is 10.7 Å². The largest absolute Gasteiger partial charge is 0.241 e. The predicted octanol–water partition coefficient (Wildman–Crippen LogP) is 2.89. The summed E-state index contributed by atoms with van der Waals surface area (Å²) < 4.78 is 24.1. The van der Waals surface area contributed by atoms with Crippen LogP contribution >= 0.6 is 47.0 Å². The molecule has 0 aromatic heterocycles. The average Bonchev–Trinajstić information content (AvgIpc) is 2.16. The van der Waals surface area contributed by atoms with Crippen molar-refractivity contribution in [1.82, 2.24) is 0 Å². The fourth-order valence-corrected chi connectivity index (χ4v) is 2.92. The molecular formula is C8H9ClINO2S2. The van der Waals surface area contributed by atoms with Gasteiger partial charge in [0.15, 0.2) is 0 Å². The van der Waals surface area contributed by atoms with E-state index in [9.17, 15) is 8.42 Å². The Morgan fingerprint density at radius 3 is 2.60 bits per heavy atom. The molecule has 0 heterocycles.